The number of piperazine rings is 1. The molecule has 0 spiro atoms. The van der Waals surface area contributed by atoms with E-state index < -0.39 is 0 Å². The summed E-state index contributed by atoms with van der Waals surface area (Å²) < 4.78 is 5.38. The molecule has 1 atom stereocenters. The summed E-state index contributed by atoms with van der Waals surface area (Å²) in [6, 6.07) is 22.5. The van der Waals surface area contributed by atoms with Gasteiger partial charge < -0.3 is 14.2 Å². The number of nitrogens with zero attached hydrogens (tertiary/aromatic N) is 2. The minimum Gasteiger partial charge on any atom is -0.459 e. The van der Waals surface area contributed by atoms with Crippen molar-refractivity contribution in [3.8, 4) is 0 Å². The van der Waals surface area contributed by atoms with E-state index in [2.05, 4.69) is 55.1 Å². The van der Waals surface area contributed by atoms with Crippen molar-refractivity contribution in [3.05, 3.63) is 89.9 Å². The molecule has 1 fully saturated rings. The highest BCUT2D eigenvalue weighted by Gasteiger charge is 2.33. The van der Waals surface area contributed by atoms with Crippen molar-refractivity contribution < 1.29 is 9.21 Å². The van der Waals surface area contributed by atoms with Crippen LogP contribution in [0.3, 0.4) is 0 Å². The van der Waals surface area contributed by atoms with E-state index in [1.54, 1.807) is 18.4 Å². The molecule has 2 aromatic carbocycles. The van der Waals surface area contributed by atoms with Gasteiger partial charge in [-0.1, -0.05) is 56.3 Å². The molecule has 1 aromatic heterocycles. The van der Waals surface area contributed by atoms with Crippen molar-refractivity contribution in [1.82, 2.24) is 4.90 Å². The van der Waals surface area contributed by atoms with Crippen molar-refractivity contribution in [3.63, 3.8) is 0 Å². The van der Waals surface area contributed by atoms with E-state index in [1.807, 2.05) is 23.1 Å². The second-order valence-electron chi connectivity index (χ2n) is 7.60. The molecule has 0 bridgehead atoms. The maximum Gasteiger partial charge on any atom is 0.290 e. The third-order valence-corrected chi connectivity index (χ3v) is 5.46. The van der Waals surface area contributed by atoms with E-state index in [0.29, 0.717) is 18.2 Å². The highest BCUT2D eigenvalue weighted by atomic mass is 16.3. The Balaban J connectivity index is 1.64. The number of hydrogen-bond donors (Lipinski definition) is 0. The summed E-state index contributed by atoms with van der Waals surface area (Å²) in [5, 5.41) is 0. The average molecular weight is 374 g/mol. The Morgan fingerprint density at radius 3 is 2.54 bits per heavy atom. The largest absolute Gasteiger partial charge is 0.459 e. The summed E-state index contributed by atoms with van der Waals surface area (Å²) in [4.78, 5) is 17.4. The van der Waals surface area contributed by atoms with E-state index in [-0.39, 0.29) is 11.9 Å². The van der Waals surface area contributed by atoms with Crippen LogP contribution in [0.1, 0.15) is 47.5 Å². The summed E-state index contributed by atoms with van der Waals surface area (Å²) in [5.74, 6) is 0.845. The van der Waals surface area contributed by atoms with Crippen molar-refractivity contribution in [1.29, 1.82) is 0 Å². The molecule has 0 aliphatic carbocycles. The Hall–Kier alpha value is -3.01. The van der Waals surface area contributed by atoms with Crippen LogP contribution in [0.5, 0.6) is 0 Å². The molecule has 1 aliphatic heterocycles. The van der Waals surface area contributed by atoms with Crippen molar-refractivity contribution >= 4 is 11.6 Å². The van der Waals surface area contributed by atoms with Gasteiger partial charge in [-0.2, -0.15) is 0 Å². The zero-order chi connectivity index (χ0) is 19.5. The van der Waals surface area contributed by atoms with Gasteiger partial charge in [0, 0.05) is 25.3 Å². The minimum absolute atomic E-state index is 0.0183. The summed E-state index contributed by atoms with van der Waals surface area (Å²) >= 11 is 0. The molecule has 3 aromatic rings. The third kappa shape index (κ3) is 3.68. The zero-order valence-electron chi connectivity index (χ0n) is 16.4. The Morgan fingerprint density at radius 2 is 1.82 bits per heavy atom. The van der Waals surface area contributed by atoms with Gasteiger partial charge in [0.15, 0.2) is 5.76 Å². The maximum absolute atomic E-state index is 13.0. The first kappa shape index (κ1) is 18.4. The molecule has 0 N–H and O–H groups in total. The number of carbonyl (C=O) groups excluding carboxylic acids is 1. The second-order valence-corrected chi connectivity index (χ2v) is 7.60. The zero-order valence-corrected chi connectivity index (χ0v) is 16.4. The highest BCUT2D eigenvalue weighted by Crippen LogP contribution is 2.31. The highest BCUT2D eigenvalue weighted by molar-refractivity contribution is 5.92. The Morgan fingerprint density at radius 1 is 1.00 bits per heavy atom. The lowest BCUT2D eigenvalue weighted by Crippen LogP contribution is -2.50. The number of amides is 1. The smallest absolute Gasteiger partial charge is 0.290 e. The summed E-state index contributed by atoms with van der Waals surface area (Å²) in [6.45, 7) is 6.65. The van der Waals surface area contributed by atoms with Crippen LogP contribution in [0.4, 0.5) is 5.69 Å². The van der Waals surface area contributed by atoms with Gasteiger partial charge in [-0.3, -0.25) is 4.79 Å². The van der Waals surface area contributed by atoms with Gasteiger partial charge in [-0.05, 0) is 41.3 Å². The number of benzene rings is 2. The maximum atomic E-state index is 13.0. The van der Waals surface area contributed by atoms with Crippen molar-refractivity contribution in [2.45, 2.75) is 25.8 Å². The van der Waals surface area contributed by atoms with Crippen LogP contribution >= 0.6 is 0 Å². The van der Waals surface area contributed by atoms with Gasteiger partial charge in [0.1, 0.15) is 0 Å². The van der Waals surface area contributed by atoms with Gasteiger partial charge >= 0.3 is 0 Å². The average Bonchev–Trinajstić information content (AvgIpc) is 3.28. The normalized spacial score (nSPS) is 17.2. The number of carbonyl (C=O) groups is 1. The fraction of sp³-hybridized carbons (Fsp3) is 0.292. The Labute approximate surface area is 166 Å². The molecule has 28 heavy (non-hydrogen) atoms. The van der Waals surface area contributed by atoms with E-state index >= 15 is 0 Å². The van der Waals surface area contributed by atoms with Crippen LogP contribution in [0.15, 0.2) is 77.4 Å². The van der Waals surface area contributed by atoms with E-state index in [0.717, 1.165) is 18.7 Å². The molecule has 2 heterocycles. The molecular formula is C24H26N2O2. The van der Waals surface area contributed by atoms with Crippen LogP contribution < -0.4 is 4.90 Å². The predicted octanol–water partition coefficient (Wildman–Crippen LogP) is 5.11. The Bertz CT molecular complexity index is 919. The molecule has 1 unspecified atom stereocenters. The molecule has 4 nitrogen and oxygen atoms in total. The molecule has 4 heteroatoms. The number of hydrogen-bond acceptors (Lipinski definition) is 3. The van der Waals surface area contributed by atoms with Gasteiger partial charge in [0.05, 0.1) is 12.3 Å². The van der Waals surface area contributed by atoms with Crippen molar-refractivity contribution in [2.24, 2.45) is 0 Å². The van der Waals surface area contributed by atoms with E-state index in [9.17, 15) is 4.79 Å². The SMILES string of the molecule is CC(C)c1cccc(N2CCN(C(=O)c3ccco3)C(c3ccccc3)C2)c1. The topological polar surface area (TPSA) is 36.7 Å². The lowest BCUT2D eigenvalue weighted by atomic mass is 9.99. The van der Waals surface area contributed by atoms with E-state index in [4.69, 9.17) is 4.42 Å². The molecule has 144 valence electrons. The van der Waals surface area contributed by atoms with Crippen LogP contribution in [-0.4, -0.2) is 30.4 Å². The second kappa shape index (κ2) is 7.93. The molecule has 1 amide bonds. The summed E-state index contributed by atoms with van der Waals surface area (Å²) in [7, 11) is 0. The predicted molar refractivity (Wildman–Crippen MR) is 112 cm³/mol. The van der Waals surface area contributed by atoms with Gasteiger partial charge in [-0.15, -0.1) is 0 Å². The third-order valence-electron chi connectivity index (χ3n) is 5.46. The molecule has 0 radical (unpaired) electrons. The van der Waals surface area contributed by atoms with Crippen molar-refractivity contribution in [2.75, 3.05) is 24.5 Å². The number of furan rings is 1. The van der Waals surface area contributed by atoms with Crippen LogP contribution in [0.25, 0.3) is 0 Å². The first-order chi connectivity index (χ1) is 13.6. The van der Waals surface area contributed by atoms with Gasteiger partial charge in [0.2, 0.25) is 0 Å². The molecule has 0 saturated carbocycles. The summed E-state index contributed by atoms with van der Waals surface area (Å²) in [5.41, 5.74) is 3.70. The molecule has 1 saturated heterocycles. The van der Waals surface area contributed by atoms with Gasteiger partial charge in [-0.25, -0.2) is 0 Å². The lowest BCUT2D eigenvalue weighted by molar-refractivity contribution is 0.0622. The fourth-order valence-electron chi connectivity index (χ4n) is 3.84. The summed E-state index contributed by atoms with van der Waals surface area (Å²) in [6.07, 6.45) is 1.55. The first-order valence-electron chi connectivity index (χ1n) is 9.88. The van der Waals surface area contributed by atoms with E-state index in [1.165, 1.54) is 11.3 Å². The monoisotopic (exact) mass is 374 g/mol. The Kier molecular flexibility index (Phi) is 5.20. The van der Waals surface area contributed by atoms with Crippen LogP contribution in [0, 0.1) is 0 Å². The first-order valence-corrected chi connectivity index (χ1v) is 9.88. The molecular weight excluding hydrogens is 348 g/mol. The minimum atomic E-state index is -0.0468. The number of rotatable bonds is 4. The van der Waals surface area contributed by atoms with Gasteiger partial charge in [0.25, 0.3) is 5.91 Å². The van der Waals surface area contributed by atoms with Crippen LogP contribution in [-0.2, 0) is 0 Å². The van der Waals surface area contributed by atoms with Crippen LogP contribution in [0.2, 0.25) is 0 Å². The molecule has 1 aliphatic rings. The number of anilines is 1. The standard InChI is InChI=1S/C24H26N2O2/c1-18(2)20-10-6-11-21(16-20)25-13-14-26(24(27)23-12-7-15-28-23)22(17-25)19-8-4-3-5-9-19/h3-12,15-16,18,22H,13-14,17H2,1-2H3. The quantitative estimate of drug-likeness (QED) is 0.637. The molecule has 4 rings (SSSR count). The lowest BCUT2D eigenvalue weighted by Gasteiger charge is -2.42. The fourth-order valence-corrected chi connectivity index (χ4v) is 3.84.